The van der Waals surface area contributed by atoms with Gasteiger partial charge in [-0.2, -0.15) is 0 Å². The molecule has 2 amide bonds. The Morgan fingerprint density at radius 1 is 1.29 bits per heavy atom. The van der Waals surface area contributed by atoms with E-state index in [-0.39, 0.29) is 17.5 Å². The van der Waals surface area contributed by atoms with Crippen molar-refractivity contribution < 1.29 is 4.79 Å². The molecule has 0 bridgehead atoms. The van der Waals surface area contributed by atoms with E-state index in [1.54, 1.807) is 28.4 Å². The highest BCUT2D eigenvalue weighted by Crippen LogP contribution is 2.47. The van der Waals surface area contributed by atoms with Gasteiger partial charge in [0, 0.05) is 45.5 Å². The topological polar surface area (TPSA) is 79.2 Å². The minimum atomic E-state index is -0.163. The molecule has 1 N–H and O–H groups in total. The van der Waals surface area contributed by atoms with Gasteiger partial charge in [-0.25, -0.2) is 19.7 Å². The van der Waals surface area contributed by atoms with Crippen LogP contribution in [0.2, 0.25) is 0 Å². The van der Waals surface area contributed by atoms with Crippen LogP contribution in [0, 0.1) is 5.41 Å². The molecule has 3 rings (SSSR count). The number of aromatic nitrogens is 4. The number of rotatable bonds is 3. The summed E-state index contributed by atoms with van der Waals surface area (Å²) in [6.07, 6.45) is 6.88. The monoisotopic (exact) mass is 329 g/mol. The zero-order chi connectivity index (χ0) is 17.5. The summed E-state index contributed by atoms with van der Waals surface area (Å²) in [5, 5.41) is 2.87. The number of likely N-dealkylation sites (tertiary alicyclic amines) is 1. The van der Waals surface area contributed by atoms with Crippen molar-refractivity contribution in [3.8, 4) is 0 Å². The Morgan fingerprint density at radius 3 is 2.46 bits per heavy atom. The van der Waals surface area contributed by atoms with Gasteiger partial charge in [0.15, 0.2) is 0 Å². The van der Waals surface area contributed by atoms with Crippen LogP contribution in [-0.4, -0.2) is 51.1 Å². The summed E-state index contributed by atoms with van der Waals surface area (Å²) in [7, 11) is 5.68. The summed E-state index contributed by atoms with van der Waals surface area (Å²) in [6.45, 7) is 4.96. The van der Waals surface area contributed by atoms with Gasteiger partial charge in [-0.05, 0) is 0 Å². The Bertz CT molecular complexity index is 735. The Hall–Kier alpha value is -2.64. The lowest BCUT2D eigenvalue weighted by Gasteiger charge is -2.53. The van der Waals surface area contributed by atoms with Crippen LogP contribution in [-0.2, 0) is 7.05 Å². The van der Waals surface area contributed by atoms with Gasteiger partial charge >= 0.3 is 6.03 Å². The minimum absolute atomic E-state index is 0.0122. The summed E-state index contributed by atoms with van der Waals surface area (Å²) in [4.78, 5) is 29.1. The average Bonchev–Trinajstić information content (AvgIpc) is 2.91. The van der Waals surface area contributed by atoms with Gasteiger partial charge in [0.2, 0.25) is 5.95 Å². The predicted octanol–water partition coefficient (Wildman–Crippen LogP) is 1.89. The van der Waals surface area contributed by atoms with Crippen LogP contribution >= 0.6 is 0 Å². The number of hydrogen-bond donors (Lipinski definition) is 1. The molecular weight excluding hydrogens is 306 g/mol. The molecule has 0 spiro atoms. The summed E-state index contributed by atoms with van der Waals surface area (Å²) >= 11 is 0. The lowest BCUT2D eigenvalue weighted by molar-refractivity contribution is -0.0182. The number of anilines is 2. The number of aryl methyl sites for hydroxylation is 1. The third-order valence-electron chi connectivity index (χ3n) is 4.28. The number of carbonyl (C=O) groups is 1. The molecule has 3 heterocycles. The maximum absolute atomic E-state index is 12.6. The second-order valence-corrected chi connectivity index (χ2v) is 7.01. The number of imidazole rings is 1. The molecule has 0 radical (unpaired) electrons. The molecule has 1 fully saturated rings. The summed E-state index contributed by atoms with van der Waals surface area (Å²) in [6, 6.07) is -0.219. The molecule has 1 unspecified atom stereocenters. The van der Waals surface area contributed by atoms with Crippen LogP contribution in [0.5, 0.6) is 0 Å². The van der Waals surface area contributed by atoms with Crippen LogP contribution in [0.25, 0.3) is 0 Å². The second-order valence-electron chi connectivity index (χ2n) is 7.01. The van der Waals surface area contributed by atoms with Gasteiger partial charge in [-0.15, -0.1) is 0 Å². The molecular formula is C16H23N7O. The highest BCUT2D eigenvalue weighted by atomic mass is 16.2. The molecule has 0 saturated carbocycles. The lowest BCUT2D eigenvalue weighted by Crippen LogP contribution is -2.59. The van der Waals surface area contributed by atoms with Crippen LogP contribution in [0.4, 0.5) is 16.4 Å². The summed E-state index contributed by atoms with van der Waals surface area (Å²) < 4.78 is 1.96. The van der Waals surface area contributed by atoms with Crippen molar-refractivity contribution in [2.75, 3.05) is 30.9 Å². The largest absolute Gasteiger partial charge is 0.347 e. The van der Waals surface area contributed by atoms with E-state index in [9.17, 15) is 4.79 Å². The average molecular weight is 329 g/mol. The van der Waals surface area contributed by atoms with Crippen molar-refractivity contribution >= 4 is 17.7 Å². The molecule has 2 aromatic heterocycles. The highest BCUT2D eigenvalue weighted by Gasteiger charge is 2.50. The van der Waals surface area contributed by atoms with Crippen molar-refractivity contribution in [2.45, 2.75) is 19.9 Å². The first-order valence-electron chi connectivity index (χ1n) is 7.84. The molecule has 24 heavy (non-hydrogen) atoms. The van der Waals surface area contributed by atoms with Crippen molar-refractivity contribution in [3.05, 3.63) is 30.6 Å². The van der Waals surface area contributed by atoms with E-state index in [2.05, 4.69) is 34.1 Å². The van der Waals surface area contributed by atoms with Crippen molar-refractivity contribution in [1.29, 1.82) is 0 Å². The van der Waals surface area contributed by atoms with Crippen LogP contribution in [0.1, 0.15) is 25.7 Å². The molecule has 1 aliphatic heterocycles. The normalized spacial score (nSPS) is 18.9. The Kier molecular flexibility index (Phi) is 3.90. The maximum Gasteiger partial charge on any atom is 0.322 e. The number of nitrogens with one attached hydrogen (secondary N) is 1. The third kappa shape index (κ3) is 2.79. The number of amides is 2. The van der Waals surface area contributed by atoms with Gasteiger partial charge in [-0.1, -0.05) is 13.8 Å². The molecule has 1 atom stereocenters. The van der Waals surface area contributed by atoms with E-state index in [1.165, 1.54) is 0 Å². The highest BCUT2D eigenvalue weighted by molar-refractivity contribution is 5.90. The van der Waals surface area contributed by atoms with E-state index >= 15 is 0 Å². The molecule has 0 aromatic carbocycles. The molecule has 1 saturated heterocycles. The van der Waals surface area contributed by atoms with Crippen LogP contribution in [0.3, 0.4) is 0 Å². The Morgan fingerprint density at radius 2 is 1.96 bits per heavy atom. The van der Waals surface area contributed by atoms with Gasteiger partial charge in [0.1, 0.15) is 5.82 Å². The van der Waals surface area contributed by atoms with Gasteiger partial charge in [0.05, 0.1) is 24.1 Å². The van der Waals surface area contributed by atoms with E-state index in [0.717, 1.165) is 5.82 Å². The fraction of sp³-hybridized carbons (Fsp3) is 0.500. The molecule has 1 aliphatic rings. The van der Waals surface area contributed by atoms with Crippen molar-refractivity contribution in [1.82, 2.24) is 24.4 Å². The lowest BCUT2D eigenvalue weighted by atomic mass is 9.74. The summed E-state index contributed by atoms with van der Waals surface area (Å²) in [5.74, 6) is 1.49. The Labute approximate surface area is 141 Å². The SMILES string of the molecule is CN(C)c1ncc(NC(=O)N2CC(C)(C)C2c2nccn2C)cn1. The quantitative estimate of drug-likeness (QED) is 0.930. The first-order valence-corrected chi connectivity index (χ1v) is 7.84. The molecule has 0 aliphatic carbocycles. The zero-order valence-electron chi connectivity index (χ0n) is 14.7. The smallest absolute Gasteiger partial charge is 0.322 e. The van der Waals surface area contributed by atoms with E-state index in [1.807, 2.05) is 31.9 Å². The Balaban J connectivity index is 1.74. The third-order valence-corrected chi connectivity index (χ3v) is 4.28. The molecule has 2 aromatic rings. The van der Waals surface area contributed by atoms with Gasteiger partial charge < -0.3 is 19.7 Å². The number of nitrogens with zero attached hydrogens (tertiary/aromatic N) is 6. The maximum atomic E-state index is 12.6. The minimum Gasteiger partial charge on any atom is -0.347 e. The van der Waals surface area contributed by atoms with Crippen molar-refractivity contribution in [3.63, 3.8) is 0 Å². The van der Waals surface area contributed by atoms with Crippen LogP contribution < -0.4 is 10.2 Å². The van der Waals surface area contributed by atoms with Gasteiger partial charge in [-0.3, -0.25) is 0 Å². The second kappa shape index (κ2) is 5.77. The van der Waals surface area contributed by atoms with E-state index < -0.39 is 0 Å². The standard InChI is InChI=1S/C16H23N7O/c1-16(2)10-23(12(16)13-17-6-7-22(13)5)15(24)20-11-8-18-14(19-9-11)21(3)4/h6-9,12H,10H2,1-5H3,(H,20,24). The zero-order valence-corrected chi connectivity index (χ0v) is 14.7. The first kappa shape index (κ1) is 16.2. The first-order chi connectivity index (χ1) is 11.3. The predicted molar refractivity (Wildman–Crippen MR) is 91.8 cm³/mol. The van der Waals surface area contributed by atoms with Crippen molar-refractivity contribution in [2.24, 2.45) is 12.5 Å². The number of carbonyl (C=O) groups excluding carboxylic acids is 1. The van der Waals surface area contributed by atoms with E-state index in [4.69, 9.17) is 0 Å². The molecule has 8 heteroatoms. The fourth-order valence-corrected chi connectivity index (χ4v) is 3.06. The fourth-order valence-electron chi connectivity index (χ4n) is 3.06. The van der Waals surface area contributed by atoms with E-state index in [0.29, 0.717) is 18.2 Å². The number of hydrogen-bond acceptors (Lipinski definition) is 5. The molecule has 128 valence electrons. The number of urea groups is 1. The summed E-state index contributed by atoms with van der Waals surface area (Å²) in [5.41, 5.74) is 0.566. The van der Waals surface area contributed by atoms with Gasteiger partial charge in [0.25, 0.3) is 0 Å². The van der Waals surface area contributed by atoms with Crippen LogP contribution in [0.15, 0.2) is 24.8 Å². The molecule has 8 nitrogen and oxygen atoms in total.